The fraction of sp³-hybridized carbons (Fsp3) is 0.341. The maximum atomic E-state index is 14.2. The molecule has 0 bridgehead atoms. The van der Waals surface area contributed by atoms with Gasteiger partial charge in [0.1, 0.15) is 6.04 Å². The molecule has 4 aromatic carbocycles. The third kappa shape index (κ3) is 10.5. The van der Waals surface area contributed by atoms with Crippen molar-refractivity contribution in [2.75, 3.05) is 51.0 Å². The van der Waals surface area contributed by atoms with Gasteiger partial charge in [-0.15, -0.1) is 0 Å². The van der Waals surface area contributed by atoms with E-state index < -0.39 is 11.9 Å². The summed E-state index contributed by atoms with van der Waals surface area (Å²) in [6.45, 7) is 4.28. The Balaban J connectivity index is 1.63. The zero-order valence-electron chi connectivity index (χ0n) is 29.4. The van der Waals surface area contributed by atoms with E-state index >= 15 is 0 Å². The summed E-state index contributed by atoms with van der Waals surface area (Å²) in [6, 6.07) is 31.3. The van der Waals surface area contributed by atoms with Crippen molar-refractivity contribution in [3.05, 3.63) is 120 Å². The fourth-order valence-corrected chi connectivity index (χ4v) is 5.89. The number of anilines is 2. The van der Waals surface area contributed by atoms with Gasteiger partial charge in [0, 0.05) is 55.5 Å². The van der Waals surface area contributed by atoms with E-state index in [2.05, 4.69) is 17.1 Å². The molecule has 8 heteroatoms. The van der Waals surface area contributed by atoms with Crippen molar-refractivity contribution in [1.29, 1.82) is 0 Å². The largest absolute Gasteiger partial charge is 0.373 e. The van der Waals surface area contributed by atoms with E-state index in [4.69, 9.17) is 5.73 Å². The number of ketones is 1. The quantitative estimate of drug-likeness (QED) is 0.0851. The number of carbonyl (C=O) groups excluding carboxylic acids is 3. The van der Waals surface area contributed by atoms with Crippen molar-refractivity contribution >= 4 is 29.1 Å². The third-order valence-corrected chi connectivity index (χ3v) is 8.74. The van der Waals surface area contributed by atoms with E-state index in [0.717, 1.165) is 41.8 Å². The SMILES string of the molecule is CCCCCCCN(CCN(C)C)C(=O)N(C)c1cc(C[C@H](Nc2ccccc2C(=O)c2ccccc2)C(N)=O)ccc1-c1ccccc1. The number of nitrogens with one attached hydrogen (secondary N) is 1. The number of rotatable bonds is 18. The normalized spacial score (nSPS) is 11.6. The van der Waals surface area contributed by atoms with E-state index in [1.165, 1.54) is 19.3 Å². The van der Waals surface area contributed by atoms with Gasteiger partial charge in [-0.25, -0.2) is 4.79 Å². The second-order valence-corrected chi connectivity index (χ2v) is 12.8. The molecule has 0 saturated carbocycles. The minimum absolute atomic E-state index is 0.0652. The van der Waals surface area contributed by atoms with Gasteiger partial charge < -0.3 is 20.9 Å². The topological polar surface area (TPSA) is 99.0 Å². The summed E-state index contributed by atoms with van der Waals surface area (Å²) in [6.07, 6.45) is 5.86. The first-order chi connectivity index (χ1) is 23.7. The molecule has 0 heterocycles. The molecule has 49 heavy (non-hydrogen) atoms. The molecular weight excluding hydrogens is 610 g/mol. The third-order valence-electron chi connectivity index (χ3n) is 8.74. The van der Waals surface area contributed by atoms with Crippen molar-refractivity contribution < 1.29 is 14.4 Å². The minimum Gasteiger partial charge on any atom is -0.373 e. The Hall–Kier alpha value is -4.95. The molecule has 0 aliphatic rings. The molecule has 4 aromatic rings. The summed E-state index contributed by atoms with van der Waals surface area (Å²) in [5.41, 5.74) is 11.0. The maximum Gasteiger partial charge on any atom is 0.324 e. The molecule has 8 nitrogen and oxygen atoms in total. The van der Waals surface area contributed by atoms with Gasteiger partial charge in [-0.2, -0.15) is 0 Å². The molecule has 1 atom stereocenters. The second-order valence-electron chi connectivity index (χ2n) is 12.8. The highest BCUT2D eigenvalue weighted by molar-refractivity contribution is 6.12. The Kier molecular flexibility index (Phi) is 14.0. The molecule has 4 rings (SSSR count). The van der Waals surface area contributed by atoms with E-state index in [1.54, 1.807) is 35.2 Å². The van der Waals surface area contributed by atoms with Gasteiger partial charge in [0.15, 0.2) is 5.78 Å². The number of nitrogens with zero attached hydrogens (tertiary/aromatic N) is 3. The molecule has 0 saturated heterocycles. The van der Waals surface area contributed by atoms with Gasteiger partial charge in [0.2, 0.25) is 5.91 Å². The lowest BCUT2D eigenvalue weighted by Gasteiger charge is -2.31. The number of hydrogen-bond acceptors (Lipinski definition) is 5. The van der Waals surface area contributed by atoms with Gasteiger partial charge in [-0.05, 0) is 49.8 Å². The average Bonchev–Trinajstić information content (AvgIpc) is 3.12. The van der Waals surface area contributed by atoms with Crippen molar-refractivity contribution in [3.63, 3.8) is 0 Å². The van der Waals surface area contributed by atoms with Crippen molar-refractivity contribution in [2.24, 2.45) is 5.73 Å². The zero-order chi connectivity index (χ0) is 35.2. The van der Waals surface area contributed by atoms with Crippen LogP contribution < -0.4 is 16.0 Å². The number of unbranched alkanes of at least 4 members (excludes halogenated alkanes) is 4. The van der Waals surface area contributed by atoms with E-state index in [9.17, 15) is 14.4 Å². The lowest BCUT2D eigenvalue weighted by Crippen LogP contribution is -2.44. The van der Waals surface area contributed by atoms with Gasteiger partial charge in [-0.1, -0.05) is 118 Å². The number of benzene rings is 4. The van der Waals surface area contributed by atoms with Crippen LogP contribution in [0.25, 0.3) is 11.1 Å². The van der Waals surface area contributed by atoms with Crippen LogP contribution in [0.5, 0.6) is 0 Å². The summed E-state index contributed by atoms with van der Waals surface area (Å²) in [5, 5.41) is 3.26. The summed E-state index contributed by atoms with van der Waals surface area (Å²) >= 11 is 0. The molecule has 3 N–H and O–H groups in total. The molecule has 0 radical (unpaired) electrons. The van der Waals surface area contributed by atoms with Crippen LogP contribution in [0.2, 0.25) is 0 Å². The summed E-state index contributed by atoms with van der Waals surface area (Å²) in [7, 11) is 5.86. The number of likely N-dealkylation sites (N-methyl/N-ethyl adjacent to an activating group) is 1. The number of urea groups is 1. The van der Waals surface area contributed by atoms with Gasteiger partial charge in [0.25, 0.3) is 0 Å². The maximum absolute atomic E-state index is 14.2. The van der Waals surface area contributed by atoms with Crippen LogP contribution >= 0.6 is 0 Å². The predicted octanol–water partition coefficient (Wildman–Crippen LogP) is 7.48. The Morgan fingerprint density at radius 3 is 2.06 bits per heavy atom. The molecule has 0 aromatic heterocycles. The van der Waals surface area contributed by atoms with Crippen LogP contribution in [0, 0.1) is 0 Å². The highest BCUT2D eigenvalue weighted by Crippen LogP contribution is 2.33. The van der Waals surface area contributed by atoms with E-state index in [-0.39, 0.29) is 18.2 Å². The smallest absolute Gasteiger partial charge is 0.324 e. The number of para-hydroxylation sites is 1. The van der Waals surface area contributed by atoms with Gasteiger partial charge in [-0.3, -0.25) is 14.5 Å². The minimum atomic E-state index is -0.805. The van der Waals surface area contributed by atoms with Crippen LogP contribution in [0.15, 0.2) is 103 Å². The average molecular weight is 662 g/mol. The summed E-state index contributed by atoms with van der Waals surface area (Å²) in [5.74, 6) is -0.691. The van der Waals surface area contributed by atoms with Crippen LogP contribution in [0.1, 0.15) is 60.5 Å². The first kappa shape index (κ1) is 36.9. The van der Waals surface area contributed by atoms with E-state index in [1.807, 2.05) is 98.8 Å². The highest BCUT2D eigenvalue weighted by atomic mass is 16.2. The Bertz CT molecular complexity index is 1660. The van der Waals surface area contributed by atoms with Gasteiger partial charge >= 0.3 is 6.03 Å². The Morgan fingerprint density at radius 2 is 1.39 bits per heavy atom. The fourth-order valence-electron chi connectivity index (χ4n) is 5.89. The number of carbonyl (C=O) groups is 3. The monoisotopic (exact) mass is 661 g/mol. The number of primary amides is 1. The Morgan fingerprint density at radius 1 is 0.735 bits per heavy atom. The molecule has 0 spiro atoms. The van der Waals surface area contributed by atoms with Crippen molar-refractivity contribution in [1.82, 2.24) is 9.80 Å². The lowest BCUT2D eigenvalue weighted by atomic mass is 9.97. The second kappa shape index (κ2) is 18.6. The standard InChI is InChI=1S/C41H51N5O3/c1-5-6-7-8-17-26-46(28-27-44(2)3)41(49)45(4)38-30-31(24-25-34(38)32-18-11-9-12-19-32)29-37(40(42)48)43-36-23-16-15-22-35(36)39(47)33-20-13-10-14-21-33/h9-16,18-25,30,37,43H,5-8,17,26-29H2,1-4H3,(H2,42,48)/t37-/m0/s1. The van der Waals surface area contributed by atoms with Crippen LogP contribution in [-0.2, 0) is 11.2 Å². The highest BCUT2D eigenvalue weighted by Gasteiger charge is 2.24. The lowest BCUT2D eigenvalue weighted by molar-refractivity contribution is -0.118. The molecule has 0 fully saturated rings. The van der Waals surface area contributed by atoms with Crippen LogP contribution in [0.4, 0.5) is 16.2 Å². The number of hydrogen-bond donors (Lipinski definition) is 2. The number of nitrogens with two attached hydrogens (primary N) is 1. The first-order valence-electron chi connectivity index (χ1n) is 17.3. The molecular formula is C41H51N5O3. The van der Waals surface area contributed by atoms with Crippen molar-refractivity contribution in [2.45, 2.75) is 51.5 Å². The first-order valence-corrected chi connectivity index (χ1v) is 17.3. The predicted molar refractivity (Wildman–Crippen MR) is 201 cm³/mol. The number of amides is 3. The Labute approximate surface area is 291 Å². The van der Waals surface area contributed by atoms with Crippen LogP contribution in [-0.4, -0.2) is 74.3 Å². The molecule has 3 amide bonds. The van der Waals surface area contributed by atoms with Gasteiger partial charge in [0.05, 0.1) is 5.69 Å². The molecule has 0 aliphatic heterocycles. The molecule has 0 unspecified atom stereocenters. The molecule has 258 valence electrons. The van der Waals surface area contributed by atoms with Crippen molar-refractivity contribution in [3.8, 4) is 11.1 Å². The summed E-state index contributed by atoms with van der Waals surface area (Å²) in [4.78, 5) is 46.2. The molecule has 0 aliphatic carbocycles. The zero-order valence-corrected chi connectivity index (χ0v) is 29.4. The van der Waals surface area contributed by atoms with Crippen LogP contribution in [0.3, 0.4) is 0 Å². The van der Waals surface area contributed by atoms with E-state index in [0.29, 0.717) is 29.9 Å². The summed E-state index contributed by atoms with van der Waals surface area (Å²) < 4.78 is 0.